The summed E-state index contributed by atoms with van der Waals surface area (Å²) >= 11 is 0. The Kier molecular flexibility index (Phi) is 3.77. The highest BCUT2D eigenvalue weighted by Gasteiger charge is 2.33. The first kappa shape index (κ1) is 16.0. The maximum Gasteiger partial charge on any atom is 0.336 e. The van der Waals surface area contributed by atoms with Crippen molar-refractivity contribution in [2.24, 2.45) is 0 Å². The number of benzene rings is 3. The van der Waals surface area contributed by atoms with Crippen LogP contribution >= 0.6 is 0 Å². The van der Waals surface area contributed by atoms with Gasteiger partial charge in [0.25, 0.3) is 0 Å². The van der Waals surface area contributed by atoms with Crippen LogP contribution in [0.5, 0.6) is 0 Å². The van der Waals surface area contributed by atoms with E-state index in [-0.39, 0.29) is 11.3 Å². The summed E-state index contributed by atoms with van der Waals surface area (Å²) in [6.07, 6.45) is 0. The van der Waals surface area contributed by atoms with E-state index >= 15 is 0 Å². The second kappa shape index (κ2) is 6.12. The van der Waals surface area contributed by atoms with Crippen molar-refractivity contribution in [1.29, 1.82) is 0 Å². The third-order valence-corrected chi connectivity index (χ3v) is 4.76. The number of hydrogen-bond acceptors (Lipinski definition) is 2. The second-order valence-corrected chi connectivity index (χ2v) is 6.29. The molecule has 0 unspecified atom stereocenters. The first-order valence-electron chi connectivity index (χ1n) is 8.36. The summed E-state index contributed by atoms with van der Waals surface area (Å²) in [5, 5.41) is 9.61. The molecule has 3 aromatic rings. The molecule has 1 N–H and O–H groups in total. The number of carbonyl (C=O) groups excluding carboxylic acids is 1. The molecule has 0 heterocycles. The Bertz CT molecular complexity index is 1090. The molecule has 0 fully saturated rings. The summed E-state index contributed by atoms with van der Waals surface area (Å²) in [5.74, 6) is -1.17. The fraction of sp³-hybridized carbons (Fsp3) is 0.0435. The van der Waals surface area contributed by atoms with Gasteiger partial charge in [-0.15, -0.1) is 0 Å². The van der Waals surface area contributed by atoms with Crippen molar-refractivity contribution >= 4 is 22.9 Å². The molecule has 26 heavy (non-hydrogen) atoms. The summed E-state index contributed by atoms with van der Waals surface area (Å²) in [6.45, 7) is 1.99. The maximum absolute atomic E-state index is 13.2. The molecule has 0 saturated carbocycles. The summed E-state index contributed by atoms with van der Waals surface area (Å²) in [7, 11) is 0. The van der Waals surface area contributed by atoms with Gasteiger partial charge in [0.2, 0.25) is 0 Å². The van der Waals surface area contributed by atoms with E-state index < -0.39 is 5.97 Å². The maximum atomic E-state index is 13.2. The van der Waals surface area contributed by atoms with E-state index in [0.29, 0.717) is 16.7 Å². The Balaban J connectivity index is 2.11. The highest BCUT2D eigenvalue weighted by molar-refractivity contribution is 6.42. The molecular formula is C23H16O3. The van der Waals surface area contributed by atoms with Gasteiger partial charge in [0, 0.05) is 22.3 Å². The van der Waals surface area contributed by atoms with Crippen molar-refractivity contribution < 1.29 is 14.7 Å². The second-order valence-electron chi connectivity index (χ2n) is 6.29. The van der Waals surface area contributed by atoms with Gasteiger partial charge in [0.1, 0.15) is 0 Å². The zero-order chi connectivity index (χ0) is 18.3. The number of carboxylic acid groups (broad SMARTS) is 1. The lowest BCUT2D eigenvalue weighted by molar-refractivity contribution is 0.0696. The lowest BCUT2D eigenvalue weighted by Crippen LogP contribution is -2.06. The molecule has 0 atom stereocenters. The van der Waals surface area contributed by atoms with Gasteiger partial charge in [0.05, 0.1) is 5.56 Å². The van der Waals surface area contributed by atoms with Crippen LogP contribution in [0.15, 0.2) is 72.8 Å². The Morgan fingerprint density at radius 3 is 1.88 bits per heavy atom. The van der Waals surface area contributed by atoms with Crippen molar-refractivity contribution in [2.45, 2.75) is 6.92 Å². The number of rotatable bonds is 3. The van der Waals surface area contributed by atoms with Crippen LogP contribution in [-0.2, 0) is 0 Å². The highest BCUT2D eigenvalue weighted by atomic mass is 16.4. The molecule has 0 spiro atoms. The number of aryl methyl sites for hydroxylation is 1. The average Bonchev–Trinajstić information content (AvgIpc) is 2.95. The fourth-order valence-electron chi connectivity index (χ4n) is 3.56. The number of aromatic carboxylic acids is 1. The molecule has 1 aliphatic rings. The van der Waals surface area contributed by atoms with Crippen molar-refractivity contribution in [2.75, 3.05) is 0 Å². The van der Waals surface area contributed by atoms with Crippen molar-refractivity contribution in [3.05, 3.63) is 106 Å². The van der Waals surface area contributed by atoms with Gasteiger partial charge in [-0.2, -0.15) is 0 Å². The smallest absolute Gasteiger partial charge is 0.336 e. The van der Waals surface area contributed by atoms with Gasteiger partial charge in [-0.3, -0.25) is 4.79 Å². The monoisotopic (exact) mass is 340 g/mol. The van der Waals surface area contributed by atoms with Crippen LogP contribution in [0.4, 0.5) is 0 Å². The summed E-state index contributed by atoms with van der Waals surface area (Å²) in [6, 6.07) is 22.0. The largest absolute Gasteiger partial charge is 0.478 e. The minimum Gasteiger partial charge on any atom is -0.478 e. The Labute approximate surface area is 151 Å². The lowest BCUT2D eigenvalue weighted by Gasteiger charge is -2.13. The van der Waals surface area contributed by atoms with Gasteiger partial charge >= 0.3 is 5.97 Å². The van der Waals surface area contributed by atoms with Crippen LogP contribution in [0.3, 0.4) is 0 Å². The number of carbonyl (C=O) groups is 2. The van der Waals surface area contributed by atoms with Gasteiger partial charge in [-0.1, -0.05) is 66.7 Å². The third-order valence-electron chi connectivity index (χ3n) is 4.76. The molecule has 0 aromatic heterocycles. The number of hydrogen-bond donors (Lipinski definition) is 1. The summed E-state index contributed by atoms with van der Waals surface area (Å²) < 4.78 is 0. The molecule has 3 nitrogen and oxygen atoms in total. The van der Waals surface area contributed by atoms with Gasteiger partial charge < -0.3 is 5.11 Å². The normalized spacial score (nSPS) is 13.0. The molecule has 3 aromatic carbocycles. The van der Waals surface area contributed by atoms with E-state index in [4.69, 9.17) is 0 Å². The molecule has 0 saturated heterocycles. The quantitative estimate of drug-likeness (QED) is 0.741. The van der Waals surface area contributed by atoms with Crippen molar-refractivity contribution in [3.63, 3.8) is 0 Å². The predicted octanol–water partition coefficient (Wildman–Crippen LogP) is 4.85. The average molecular weight is 340 g/mol. The van der Waals surface area contributed by atoms with E-state index in [0.717, 1.165) is 22.3 Å². The molecular weight excluding hydrogens is 324 g/mol. The molecule has 0 amide bonds. The van der Waals surface area contributed by atoms with Crippen molar-refractivity contribution in [3.8, 4) is 0 Å². The van der Waals surface area contributed by atoms with Crippen LogP contribution in [0.2, 0.25) is 0 Å². The topological polar surface area (TPSA) is 54.4 Å². The fourth-order valence-corrected chi connectivity index (χ4v) is 3.56. The Morgan fingerprint density at radius 2 is 1.23 bits per heavy atom. The van der Waals surface area contributed by atoms with Crippen molar-refractivity contribution in [1.82, 2.24) is 0 Å². The molecule has 0 radical (unpaired) electrons. The molecule has 0 bridgehead atoms. The standard InChI is InChI=1S/C23H16O3/c1-14-8-2-3-9-15(14)20-16-10-4-6-12-18(16)22(24)21(20)17-11-5-7-13-19(17)23(25)26/h2-13H,1H3,(H,25,26). The van der Waals surface area contributed by atoms with E-state index in [2.05, 4.69) is 0 Å². The first-order chi connectivity index (χ1) is 12.6. The highest BCUT2D eigenvalue weighted by Crippen LogP contribution is 2.43. The minimum atomic E-state index is -1.04. The summed E-state index contributed by atoms with van der Waals surface area (Å²) in [5.41, 5.74) is 5.30. The Hall–Kier alpha value is -3.46. The number of ketones is 1. The molecule has 126 valence electrons. The number of allylic oxidation sites excluding steroid dienone is 1. The minimum absolute atomic E-state index is 0.132. The molecule has 4 rings (SSSR count). The zero-order valence-corrected chi connectivity index (χ0v) is 14.2. The van der Waals surface area contributed by atoms with Gasteiger partial charge in [-0.25, -0.2) is 4.79 Å². The lowest BCUT2D eigenvalue weighted by atomic mass is 9.90. The van der Waals surface area contributed by atoms with Gasteiger partial charge in [-0.05, 0) is 29.7 Å². The van der Waals surface area contributed by atoms with Crippen LogP contribution in [0.1, 0.15) is 43.0 Å². The first-order valence-corrected chi connectivity index (χ1v) is 8.36. The summed E-state index contributed by atoms with van der Waals surface area (Å²) in [4.78, 5) is 25.0. The van der Waals surface area contributed by atoms with E-state index in [1.165, 1.54) is 6.07 Å². The molecule has 1 aliphatic carbocycles. The third kappa shape index (κ3) is 2.37. The zero-order valence-electron chi connectivity index (χ0n) is 14.2. The molecule has 0 aliphatic heterocycles. The van der Waals surface area contributed by atoms with Crippen LogP contribution < -0.4 is 0 Å². The van der Waals surface area contributed by atoms with Gasteiger partial charge in [0.15, 0.2) is 5.78 Å². The van der Waals surface area contributed by atoms with E-state index in [9.17, 15) is 14.7 Å². The molecule has 3 heteroatoms. The number of fused-ring (bicyclic) bond motifs is 1. The van der Waals surface area contributed by atoms with Crippen LogP contribution in [0, 0.1) is 6.92 Å². The number of carboxylic acids is 1. The number of Topliss-reactive ketones (excluding diaryl/α,β-unsaturated/α-hetero) is 1. The SMILES string of the molecule is Cc1ccccc1C1=C(c2ccccc2C(=O)O)C(=O)c2ccccc21. The van der Waals surface area contributed by atoms with Crippen LogP contribution in [-0.4, -0.2) is 16.9 Å². The predicted molar refractivity (Wildman–Crippen MR) is 101 cm³/mol. The van der Waals surface area contributed by atoms with E-state index in [1.54, 1.807) is 24.3 Å². The Morgan fingerprint density at radius 1 is 0.692 bits per heavy atom. The van der Waals surface area contributed by atoms with E-state index in [1.807, 2.05) is 49.4 Å². The van der Waals surface area contributed by atoms with Crippen LogP contribution in [0.25, 0.3) is 11.1 Å².